The highest BCUT2D eigenvalue weighted by molar-refractivity contribution is 7.99. The van der Waals surface area contributed by atoms with Gasteiger partial charge in [-0.3, -0.25) is 10.1 Å². The molecule has 1 aromatic heterocycles. The van der Waals surface area contributed by atoms with Gasteiger partial charge >= 0.3 is 12.1 Å². The predicted molar refractivity (Wildman–Crippen MR) is 259 cm³/mol. The number of carbonyl (C=O) groups is 1. The summed E-state index contributed by atoms with van der Waals surface area (Å²) in [5.74, 6) is -0.617. The first-order chi connectivity index (χ1) is 31.6. The molecule has 2 heterocycles. The van der Waals surface area contributed by atoms with Gasteiger partial charge in [-0.25, -0.2) is 10.3 Å². The summed E-state index contributed by atoms with van der Waals surface area (Å²) in [5.41, 5.74) is 4.61. The Labute approximate surface area is 392 Å². The fraction of sp³-hybridized carbons (Fsp3) is 0.286. The highest BCUT2D eigenvalue weighted by Crippen LogP contribution is 2.45. The second-order valence-corrected chi connectivity index (χ2v) is 17.3. The van der Waals surface area contributed by atoms with E-state index in [0.29, 0.717) is 72.5 Å². The van der Waals surface area contributed by atoms with Crippen LogP contribution in [0.2, 0.25) is 0 Å². The van der Waals surface area contributed by atoms with Crippen molar-refractivity contribution in [3.63, 3.8) is 0 Å². The molecule has 0 unspecified atom stereocenters. The topological polar surface area (TPSA) is 128 Å². The van der Waals surface area contributed by atoms with Gasteiger partial charge in [-0.05, 0) is 111 Å². The fourth-order valence-corrected chi connectivity index (χ4v) is 8.46. The molecule has 1 fully saturated rings. The molecule has 0 bridgehead atoms. The van der Waals surface area contributed by atoms with Gasteiger partial charge in [-0.15, -0.1) is 11.8 Å². The summed E-state index contributed by atoms with van der Waals surface area (Å²) in [6, 6.07) is 24.5. The van der Waals surface area contributed by atoms with Crippen LogP contribution >= 0.6 is 23.4 Å². The average Bonchev–Trinajstić information content (AvgIpc) is 3.41. The lowest BCUT2D eigenvalue weighted by Gasteiger charge is -2.37. The van der Waals surface area contributed by atoms with Gasteiger partial charge in [-0.2, -0.15) is 13.2 Å². The zero-order valence-electron chi connectivity index (χ0n) is 37.1. The van der Waals surface area contributed by atoms with Gasteiger partial charge in [0.05, 0.1) is 27.9 Å². The SMILES string of the molecule is CCN(C)C.Cn1c(C2=CC=C(Cl)C=CC2)c(-c2cccc(N3CCN(c4ccc(NOC5=CCC=C(NCCSc6ccccc6)C([N+](=O)[O-])=C5)cc4)CC3)c2)c(C(=O)O)c1C(F)(F)F. The number of aromatic carboxylic acids is 1. The lowest BCUT2D eigenvalue weighted by Crippen LogP contribution is -2.46. The zero-order chi connectivity index (χ0) is 47.4. The molecule has 12 nitrogen and oxygen atoms in total. The van der Waals surface area contributed by atoms with Crippen LogP contribution in [0.3, 0.4) is 0 Å². The number of halogens is 4. The van der Waals surface area contributed by atoms with E-state index in [1.807, 2.05) is 60.7 Å². The number of nitrogens with zero attached hydrogens (tertiary/aromatic N) is 5. The van der Waals surface area contributed by atoms with Crippen molar-refractivity contribution in [2.45, 2.75) is 30.8 Å². The third-order valence-corrected chi connectivity index (χ3v) is 12.3. The number of thioether (sulfide) groups is 1. The van der Waals surface area contributed by atoms with Gasteiger partial charge in [0.1, 0.15) is 11.4 Å². The summed E-state index contributed by atoms with van der Waals surface area (Å²) in [4.78, 5) is 37.5. The van der Waals surface area contributed by atoms with Crippen molar-refractivity contribution in [2.75, 3.05) is 74.4 Å². The summed E-state index contributed by atoms with van der Waals surface area (Å²) in [7, 11) is 5.36. The number of aromatic nitrogens is 1. The second kappa shape index (κ2) is 22.7. The molecule has 3 N–H and O–H groups in total. The van der Waals surface area contributed by atoms with E-state index in [2.05, 4.69) is 46.5 Å². The zero-order valence-corrected chi connectivity index (χ0v) is 38.7. The smallest absolute Gasteiger partial charge is 0.432 e. The number of rotatable bonds is 15. The van der Waals surface area contributed by atoms with Gasteiger partial charge in [0.2, 0.25) is 0 Å². The van der Waals surface area contributed by atoms with E-state index in [4.69, 9.17) is 16.4 Å². The molecule has 0 radical (unpaired) electrons. The van der Waals surface area contributed by atoms with E-state index >= 15 is 0 Å². The molecule has 4 aromatic rings. The number of anilines is 3. The highest BCUT2D eigenvalue weighted by Gasteiger charge is 2.43. The molecule has 348 valence electrons. The first kappa shape index (κ1) is 49.1. The number of alkyl halides is 3. The molecule has 1 aliphatic heterocycles. The van der Waals surface area contributed by atoms with Crippen molar-refractivity contribution in [1.29, 1.82) is 0 Å². The number of hydrogen-bond donors (Lipinski definition) is 3. The number of hydrogen-bond acceptors (Lipinski definition) is 10. The minimum atomic E-state index is -4.92. The van der Waals surface area contributed by atoms with Crippen LogP contribution in [0.4, 0.5) is 30.2 Å². The molecular weight excluding hydrogens is 891 g/mol. The van der Waals surface area contributed by atoms with Gasteiger partial charge < -0.3 is 34.5 Å². The Kier molecular flexibility index (Phi) is 16.9. The van der Waals surface area contributed by atoms with Crippen LogP contribution in [-0.2, 0) is 18.1 Å². The average molecular weight is 945 g/mol. The maximum absolute atomic E-state index is 14.5. The van der Waals surface area contributed by atoms with Gasteiger partial charge in [0.25, 0.3) is 5.70 Å². The number of allylic oxidation sites excluding steroid dienone is 9. The summed E-state index contributed by atoms with van der Waals surface area (Å²) in [6.07, 6.45) is 7.32. The molecule has 3 aromatic carbocycles. The number of nitro groups is 1. The van der Waals surface area contributed by atoms with Crippen LogP contribution in [0.15, 0.2) is 148 Å². The van der Waals surface area contributed by atoms with Crippen LogP contribution in [-0.4, -0.2) is 84.6 Å². The Morgan fingerprint density at radius 2 is 1.65 bits per heavy atom. The number of carboxylic acids is 1. The maximum Gasteiger partial charge on any atom is 0.432 e. The minimum Gasteiger partial charge on any atom is -0.478 e. The summed E-state index contributed by atoms with van der Waals surface area (Å²) < 4.78 is 44.5. The number of carboxylic acid groups (broad SMARTS) is 1. The molecule has 0 amide bonds. The van der Waals surface area contributed by atoms with E-state index in [0.717, 1.165) is 33.1 Å². The summed E-state index contributed by atoms with van der Waals surface area (Å²) in [6.45, 7) is 6.30. The van der Waals surface area contributed by atoms with Crippen LogP contribution in [0.5, 0.6) is 0 Å². The number of piperazine rings is 1. The Balaban J connectivity index is 0.00000137. The largest absolute Gasteiger partial charge is 0.478 e. The first-order valence-corrected chi connectivity index (χ1v) is 22.7. The van der Waals surface area contributed by atoms with Crippen LogP contribution in [0.1, 0.15) is 41.5 Å². The lowest BCUT2D eigenvalue weighted by atomic mass is 9.95. The van der Waals surface area contributed by atoms with E-state index in [9.17, 15) is 33.2 Å². The third-order valence-electron chi connectivity index (χ3n) is 11.0. The molecule has 66 heavy (non-hydrogen) atoms. The van der Waals surface area contributed by atoms with Crippen molar-refractivity contribution < 1.29 is 32.8 Å². The van der Waals surface area contributed by atoms with Gasteiger partial charge in [-0.1, -0.05) is 67.1 Å². The Hall–Kier alpha value is -6.36. The van der Waals surface area contributed by atoms with Crippen molar-refractivity contribution in [3.05, 3.63) is 171 Å². The number of nitrogens with one attached hydrogen (secondary N) is 2. The first-order valence-electron chi connectivity index (χ1n) is 21.4. The molecule has 1 saturated heterocycles. The molecule has 0 atom stereocenters. The monoisotopic (exact) mass is 943 g/mol. The lowest BCUT2D eigenvalue weighted by molar-refractivity contribution is -0.421. The third kappa shape index (κ3) is 12.7. The van der Waals surface area contributed by atoms with E-state index in [1.54, 1.807) is 66.4 Å². The fourth-order valence-electron chi connectivity index (χ4n) is 7.52. The van der Waals surface area contributed by atoms with Crippen molar-refractivity contribution in [3.8, 4) is 11.1 Å². The molecule has 0 saturated carbocycles. The second-order valence-electron chi connectivity index (χ2n) is 15.7. The van der Waals surface area contributed by atoms with Gasteiger partial charge in [0, 0.05) is 72.4 Å². The normalized spacial score (nSPS) is 15.3. The molecule has 3 aliphatic rings. The van der Waals surface area contributed by atoms with Gasteiger partial charge in [0.15, 0.2) is 5.76 Å². The Bertz CT molecular complexity index is 2540. The minimum absolute atomic E-state index is 0.000947. The van der Waals surface area contributed by atoms with Crippen molar-refractivity contribution >= 4 is 52.0 Å². The quantitative estimate of drug-likeness (QED) is 0.0456. The predicted octanol–water partition coefficient (Wildman–Crippen LogP) is 10.8. The Morgan fingerprint density at radius 1 is 0.970 bits per heavy atom. The summed E-state index contributed by atoms with van der Waals surface area (Å²) >= 11 is 7.85. The molecular formula is C49H53ClF3N7O5S. The molecule has 17 heteroatoms. The number of benzene rings is 3. The van der Waals surface area contributed by atoms with Crippen LogP contribution in [0.25, 0.3) is 16.7 Å². The van der Waals surface area contributed by atoms with E-state index in [1.165, 1.54) is 13.1 Å². The standard InChI is InChI=1S/C45H42ClF3N6O5S.C4H11N/c1-52-42(30-8-5-10-32(46)17-16-30)40(41(44(56)57)43(52)45(47,48)49)31-9-6-11-35(28-31)54-25-23-53(24-26-54)34-20-18-33(19-21-34)51-60-36-12-7-15-38(39(29-36)55(58)59)50-22-27-61-37-13-3-2-4-14-37;1-4-5(2)3/h2-6,9-21,28-29,50-51H,7-8,22-27H2,1H3,(H,56,57);4H2,1-3H3. The van der Waals surface area contributed by atoms with E-state index < -0.39 is 28.3 Å². The van der Waals surface area contributed by atoms with Crippen molar-refractivity contribution in [2.24, 2.45) is 7.05 Å². The molecule has 7 rings (SSSR count). The van der Waals surface area contributed by atoms with E-state index in [-0.39, 0.29) is 23.4 Å². The highest BCUT2D eigenvalue weighted by atomic mass is 35.5. The van der Waals surface area contributed by atoms with Crippen LogP contribution in [0, 0.1) is 10.1 Å². The molecule has 2 aliphatic carbocycles. The van der Waals surface area contributed by atoms with Crippen molar-refractivity contribution in [1.82, 2.24) is 14.8 Å². The summed E-state index contributed by atoms with van der Waals surface area (Å²) in [5, 5.41) is 25.8. The molecule has 0 spiro atoms. The maximum atomic E-state index is 14.5. The van der Waals surface area contributed by atoms with Crippen LogP contribution < -0.4 is 20.6 Å². The Morgan fingerprint density at radius 3 is 2.29 bits per heavy atom.